The van der Waals surface area contributed by atoms with Gasteiger partial charge in [0.2, 0.25) is 0 Å². The fourth-order valence-corrected chi connectivity index (χ4v) is 5.60. The monoisotopic (exact) mass is 566 g/mol. The van der Waals surface area contributed by atoms with Crippen molar-refractivity contribution in [1.29, 1.82) is 0 Å². The number of likely N-dealkylation sites (tertiary alicyclic amines) is 1. The third kappa shape index (κ3) is 5.55. The summed E-state index contributed by atoms with van der Waals surface area (Å²) in [6.45, 7) is 4.12. The number of piperazine rings is 1. The molecule has 1 atom stereocenters. The number of carbonyl (C=O) groups is 3. The molecule has 42 heavy (non-hydrogen) atoms. The Morgan fingerprint density at radius 1 is 0.833 bits per heavy atom. The molecule has 3 amide bonds. The largest absolute Gasteiger partial charge is 0.383 e. The molecule has 4 heterocycles. The summed E-state index contributed by atoms with van der Waals surface area (Å²) in [5.74, 6) is -0.226. The van der Waals surface area contributed by atoms with Crippen molar-refractivity contribution in [3.8, 4) is 11.1 Å². The number of pyridine rings is 1. The number of likely N-dealkylation sites (N-methyl/N-ethyl adjacent to an activating group) is 1. The van der Waals surface area contributed by atoms with Crippen LogP contribution in [-0.2, 0) is 7.05 Å². The molecule has 3 N–H and O–H groups in total. The van der Waals surface area contributed by atoms with E-state index in [-0.39, 0.29) is 29.6 Å². The lowest BCUT2D eigenvalue weighted by Gasteiger charge is -2.32. The molecule has 2 fully saturated rings. The molecule has 216 valence electrons. The van der Waals surface area contributed by atoms with Crippen LogP contribution in [0.15, 0.2) is 61.1 Å². The van der Waals surface area contributed by atoms with Crippen LogP contribution in [0.4, 0.5) is 5.82 Å². The normalized spacial score (nSPS) is 17.5. The topological polar surface area (TPSA) is 130 Å². The summed E-state index contributed by atoms with van der Waals surface area (Å²) in [4.78, 5) is 49.5. The Kier molecular flexibility index (Phi) is 7.34. The van der Waals surface area contributed by atoms with E-state index in [2.05, 4.69) is 27.3 Å². The second-order valence-electron chi connectivity index (χ2n) is 11.1. The minimum atomic E-state index is -0.322. The summed E-state index contributed by atoms with van der Waals surface area (Å²) >= 11 is 0. The first kappa shape index (κ1) is 27.4. The zero-order chi connectivity index (χ0) is 29.4. The SMILES string of the molecule is CN1CCN(C(=O)c2ccc3cc(C(=O)N4CC[C@@H](NC(=O)c5cc(-c6cnn(C)c6)cnc5N)C4)ccc3c2)CC1. The summed E-state index contributed by atoms with van der Waals surface area (Å²) in [7, 11) is 3.88. The van der Waals surface area contributed by atoms with Crippen molar-refractivity contribution in [2.24, 2.45) is 7.05 Å². The van der Waals surface area contributed by atoms with Gasteiger partial charge in [0.1, 0.15) is 5.82 Å². The summed E-state index contributed by atoms with van der Waals surface area (Å²) in [6.07, 6.45) is 5.80. The lowest BCUT2D eigenvalue weighted by atomic mass is 10.0. The molecule has 0 saturated carbocycles. The van der Waals surface area contributed by atoms with Gasteiger partial charge in [-0.05, 0) is 54.6 Å². The molecule has 2 aromatic heterocycles. The van der Waals surface area contributed by atoms with Gasteiger partial charge < -0.3 is 25.8 Å². The van der Waals surface area contributed by atoms with E-state index in [1.807, 2.05) is 48.5 Å². The smallest absolute Gasteiger partial charge is 0.255 e. The molecule has 2 aromatic carbocycles. The van der Waals surface area contributed by atoms with Crippen molar-refractivity contribution in [2.75, 3.05) is 52.0 Å². The van der Waals surface area contributed by atoms with Crippen LogP contribution in [0.2, 0.25) is 0 Å². The maximum absolute atomic E-state index is 13.4. The molecule has 6 rings (SSSR count). The van der Waals surface area contributed by atoms with Crippen molar-refractivity contribution in [1.82, 2.24) is 34.8 Å². The molecule has 0 bridgehead atoms. The molecule has 0 radical (unpaired) electrons. The lowest BCUT2D eigenvalue weighted by molar-refractivity contribution is 0.0663. The molecule has 0 aliphatic carbocycles. The molecule has 4 aromatic rings. The highest BCUT2D eigenvalue weighted by Gasteiger charge is 2.29. The van der Waals surface area contributed by atoms with Crippen molar-refractivity contribution in [3.05, 3.63) is 77.7 Å². The third-order valence-electron chi connectivity index (χ3n) is 8.14. The average molecular weight is 567 g/mol. The number of nitrogens with one attached hydrogen (secondary N) is 1. The number of anilines is 1. The maximum Gasteiger partial charge on any atom is 0.255 e. The van der Waals surface area contributed by atoms with Crippen molar-refractivity contribution >= 4 is 34.3 Å². The summed E-state index contributed by atoms with van der Waals surface area (Å²) in [5.41, 5.74) is 9.14. The Morgan fingerprint density at radius 3 is 2.14 bits per heavy atom. The summed E-state index contributed by atoms with van der Waals surface area (Å²) in [6, 6.07) is 12.7. The zero-order valence-corrected chi connectivity index (χ0v) is 23.8. The van der Waals surface area contributed by atoms with Gasteiger partial charge in [0.25, 0.3) is 17.7 Å². The van der Waals surface area contributed by atoms with Gasteiger partial charge in [-0.2, -0.15) is 5.10 Å². The first-order valence-electron chi connectivity index (χ1n) is 14.1. The first-order valence-corrected chi connectivity index (χ1v) is 14.1. The fourth-order valence-electron chi connectivity index (χ4n) is 5.60. The zero-order valence-electron chi connectivity index (χ0n) is 23.8. The predicted molar refractivity (Wildman–Crippen MR) is 160 cm³/mol. The van der Waals surface area contributed by atoms with Crippen molar-refractivity contribution < 1.29 is 14.4 Å². The van der Waals surface area contributed by atoms with Crippen LogP contribution in [0.3, 0.4) is 0 Å². The minimum absolute atomic E-state index is 0.0386. The van der Waals surface area contributed by atoms with Gasteiger partial charge in [0.15, 0.2) is 0 Å². The second-order valence-corrected chi connectivity index (χ2v) is 11.1. The number of hydrogen-bond acceptors (Lipinski definition) is 7. The number of amides is 3. The van der Waals surface area contributed by atoms with Crippen molar-refractivity contribution in [2.45, 2.75) is 12.5 Å². The second kappa shape index (κ2) is 11.2. The molecule has 2 aliphatic rings. The molecule has 0 unspecified atom stereocenters. The number of nitrogens with two attached hydrogens (primary N) is 1. The van der Waals surface area contributed by atoms with Crippen LogP contribution in [0.25, 0.3) is 21.9 Å². The third-order valence-corrected chi connectivity index (χ3v) is 8.14. The predicted octanol–water partition coefficient (Wildman–Crippen LogP) is 2.25. The van der Waals surface area contributed by atoms with E-state index in [0.29, 0.717) is 36.2 Å². The molecular formula is C31H34N8O3. The van der Waals surface area contributed by atoms with Crippen LogP contribution in [0.5, 0.6) is 0 Å². The van der Waals surface area contributed by atoms with Gasteiger partial charge in [-0.15, -0.1) is 0 Å². The van der Waals surface area contributed by atoms with Gasteiger partial charge in [-0.1, -0.05) is 12.1 Å². The highest BCUT2D eigenvalue weighted by Crippen LogP contribution is 2.24. The van der Waals surface area contributed by atoms with Gasteiger partial charge in [0, 0.05) is 87.0 Å². The number of fused-ring (bicyclic) bond motifs is 1. The Hall–Kier alpha value is -4.77. The maximum atomic E-state index is 13.4. The standard InChI is InChI=1S/C31H34N8O3/c1-36-9-11-38(12-10-36)30(41)22-5-3-21-14-23(6-4-20(21)13-22)31(42)39-8-7-26(19-39)35-29(40)27-15-24(16-33-28(27)32)25-17-34-37(2)18-25/h3-6,13-18,26H,7-12,19H2,1-2H3,(H2,32,33)(H,35,40)/t26-/m1/s1. The number of aryl methyl sites for hydroxylation is 1. The van der Waals surface area contributed by atoms with E-state index in [0.717, 1.165) is 48.1 Å². The van der Waals surface area contributed by atoms with E-state index < -0.39 is 0 Å². The Morgan fingerprint density at radius 2 is 1.50 bits per heavy atom. The van der Waals surface area contributed by atoms with Crippen LogP contribution in [-0.4, -0.2) is 99.5 Å². The van der Waals surface area contributed by atoms with Crippen LogP contribution in [0, 0.1) is 0 Å². The van der Waals surface area contributed by atoms with Crippen LogP contribution in [0.1, 0.15) is 37.5 Å². The molecular weight excluding hydrogens is 532 g/mol. The van der Waals surface area contributed by atoms with Gasteiger partial charge in [-0.25, -0.2) is 4.98 Å². The average Bonchev–Trinajstić information content (AvgIpc) is 3.65. The van der Waals surface area contributed by atoms with E-state index in [4.69, 9.17) is 5.73 Å². The molecule has 2 aliphatic heterocycles. The lowest BCUT2D eigenvalue weighted by Crippen LogP contribution is -2.47. The highest BCUT2D eigenvalue weighted by atomic mass is 16.2. The number of nitrogens with zero attached hydrogens (tertiary/aromatic N) is 6. The van der Waals surface area contributed by atoms with E-state index in [9.17, 15) is 14.4 Å². The fraction of sp³-hybridized carbons (Fsp3) is 0.323. The Balaban J connectivity index is 1.10. The molecule has 0 spiro atoms. The van der Waals surface area contributed by atoms with E-state index in [1.165, 1.54) is 0 Å². The summed E-state index contributed by atoms with van der Waals surface area (Å²) in [5, 5.41) is 9.01. The van der Waals surface area contributed by atoms with E-state index in [1.54, 1.807) is 34.1 Å². The van der Waals surface area contributed by atoms with Gasteiger partial charge in [-0.3, -0.25) is 19.1 Å². The highest BCUT2D eigenvalue weighted by molar-refractivity contribution is 6.02. The number of benzene rings is 2. The van der Waals surface area contributed by atoms with Gasteiger partial charge in [0.05, 0.1) is 11.8 Å². The number of aromatic nitrogens is 3. The quantitative estimate of drug-likeness (QED) is 0.379. The number of carbonyl (C=O) groups excluding carboxylic acids is 3. The molecule has 2 saturated heterocycles. The van der Waals surface area contributed by atoms with Crippen LogP contribution >= 0.6 is 0 Å². The number of rotatable bonds is 5. The molecule has 11 nitrogen and oxygen atoms in total. The Bertz CT molecular complexity index is 1670. The minimum Gasteiger partial charge on any atom is -0.383 e. The first-order chi connectivity index (χ1) is 20.2. The Labute approximate surface area is 243 Å². The summed E-state index contributed by atoms with van der Waals surface area (Å²) < 4.78 is 1.68. The van der Waals surface area contributed by atoms with E-state index >= 15 is 0 Å². The number of nitrogen functional groups attached to an aromatic ring is 1. The number of hydrogen-bond donors (Lipinski definition) is 2. The van der Waals surface area contributed by atoms with Crippen LogP contribution < -0.4 is 11.1 Å². The molecule has 11 heteroatoms. The van der Waals surface area contributed by atoms with Gasteiger partial charge >= 0.3 is 0 Å². The van der Waals surface area contributed by atoms with Crippen molar-refractivity contribution in [3.63, 3.8) is 0 Å².